The number of nitrogens with one attached hydrogen (secondary N) is 1. The van der Waals surface area contributed by atoms with Crippen LogP contribution in [0.3, 0.4) is 0 Å². The summed E-state index contributed by atoms with van der Waals surface area (Å²) in [5.41, 5.74) is 1.56. The van der Waals surface area contributed by atoms with Gasteiger partial charge in [0.15, 0.2) is 0 Å². The zero-order chi connectivity index (χ0) is 22.3. The third-order valence-electron chi connectivity index (χ3n) is 6.30. The van der Waals surface area contributed by atoms with Gasteiger partial charge >= 0.3 is 6.18 Å². The van der Waals surface area contributed by atoms with Gasteiger partial charge in [0.1, 0.15) is 5.82 Å². The van der Waals surface area contributed by atoms with E-state index >= 15 is 0 Å². The second kappa shape index (κ2) is 7.93. The van der Waals surface area contributed by atoms with E-state index in [2.05, 4.69) is 15.3 Å². The number of hydrogen-bond donors (Lipinski definition) is 1. The molecule has 32 heavy (non-hydrogen) atoms. The number of piperidine rings is 1. The fourth-order valence-electron chi connectivity index (χ4n) is 4.85. The number of halogens is 3. The van der Waals surface area contributed by atoms with Crippen molar-refractivity contribution < 1.29 is 18.0 Å². The highest BCUT2D eigenvalue weighted by atomic mass is 19.4. The number of likely N-dealkylation sites (tertiary alicyclic amines) is 1. The van der Waals surface area contributed by atoms with Crippen LogP contribution in [0.15, 0.2) is 67.1 Å². The Bertz CT molecular complexity index is 1120. The Morgan fingerprint density at radius 1 is 1.03 bits per heavy atom. The molecular weight excluding hydrogens is 417 g/mol. The molecule has 1 aliphatic heterocycles. The van der Waals surface area contributed by atoms with Gasteiger partial charge in [-0.2, -0.15) is 13.2 Å². The number of hydrogen-bond acceptors (Lipinski definition) is 4. The highest BCUT2D eigenvalue weighted by molar-refractivity contribution is 6.01. The summed E-state index contributed by atoms with van der Waals surface area (Å²) in [4.78, 5) is 23.5. The van der Waals surface area contributed by atoms with Gasteiger partial charge in [0, 0.05) is 42.3 Å². The lowest BCUT2D eigenvalue weighted by atomic mass is 9.98. The highest BCUT2D eigenvalue weighted by Crippen LogP contribution is 2.40. The molecule has 3 atom stereocenters. The molecule has 2 fully saturated rings. The van der Waals surface area contributed by atoms with Crippen molar-refractivity contribution in [3.63, 3.8) is 0 Å². The molecule has 0 radical (unpaired) electrons. The molecule has 8 heteroatoms. The third kappa shape index (κ3) is 3.81. The molecule has 1 aliphatic carbocycles. The Kier molecular flexibility index (Phi) is 5.07. The van der Waals surface area contributed by atoms with Gasteiger partial charge in [0.25, 0.3) is 5.91 Å². The Hall–Kier alpha value is -3.42. The van der Waals surface area contributed by atoms with Crippen molar-refractivity contribution in [3.05, 3.63) is 78.2 Å². The molecular formula is C24H21F3N4O. The first kappa shape index (κ1) is 20.5. The fourth-order valence-corrected chi connectivity index (χ4v) is 4.85. The smallest absolute Gasteiger partial charge is 0.365 e. The van der Waals surface area contributed by atoms with Crippen LogP contribution in [-0.2, 0) is 6.18 Å². The van der Waals surface area contributed by atoms with Crippen LogP contribution in [0.4, 0.5) is 19.0 Å². The van der Waals surface area contributed by atoms with Crippen LogP contribution in [0.5, 0.6) is 0 Å². The maximum absolute atomic E-state index is 13.5. The summed E-state index contributed by atoms with van der Waals surface area (Å²) >= 11 is 0. The van der Waals surface area contributed by atoms with Crippen LogP contribution < -0.4 is 5.32 Å². The Morgan fingerprint density at radius 3 is 2.56 bits per heavy atom. The Morgan fingerprint density at radius 2 is 1.88 bits per heavy atom. The van der Waals surface area contributed by atoms with Crippen LogP contribution in [-0.4, -0.2) is 39.4 Å². The van der Waals surface area contributed by atoms with Gasteiger partial charge in [-0.3, -0.25) is 9.78 Å². The molecule has 1 aromatic carbocycles. The van der Waals surface area contributed by atoms with Crippen molar-refractivity contribution in [3.8, 4) is 11.1 Å². The number of carbonyl (C=O) groups is 1. The number of aromatic nitrogens is 2. The van der Waals surface area contributed by atoms with E-state index in [1.807, 2.05) is 41.3 Å². The second-order valence-corrected chi connectivity index (χ2v) is 8.33. The van der Waals surface area contributed by atoms with Gasteiger partial charge in [0.05, 0.1) is 11.6 Å². The van der Waals surface area contributed by atoms with Gasteiger partial charge in [-0.1, -0.05) is 24.3 Å². The van der Waals surface area contributed by atoms with Gasteiger partial charge < -0.3 is 10.2 Å². The first-order chi connectivity index (χ1) is 15.4. The summed E-state index contributed by atoms with van der Waals surface area (Å²) in [7, 11) is 0. The minimum absolute atomic E-state index is 0.0291. The van der Waals surface area contributed by atoms with Crippen LogP contribution in [0.2, 0.25) is 0 Å². The number of pyridine rings is 2. The molecule has 164 valence electrons. The number of rotatable bonds is 4. The average Bonchev–Trinajstić information content (AvgIpc) is 3.40. The Balaban J connectivity index is 1.35. The third-order valence-corrected chi connectivity index (χ3v) is 6.30. The molecule has 2 aromatic heterocycles. The lowest BCUT2D eigenvalue weighted by Crippen LogP contribution is -2.47. The molecule has 3 aromatic rings. The van der Waals surface area contributed by atoms with Gasteiger partial charge in [0.2, 0.25) is 0 Å². The van der Waals surface area contributed by atoms with E-state index in [1.54, 1.807) is 12.4 Å². The van der Waals surface area contributed by atoms with Crippen molar-refractivity contribution in [2.75, 3.05) is 11.9 Å². The van der Waals surface area contributed by atoms with Crippen molar-refractivity contribution in [2.24, 2.45) is 5.92 Å². The fraction of sp³-hybridized carbons (Fsp3) is 0.292. The number of amides is 1. The van der Waals surface area contributed by atoms with Gasteiger partial charge in [-0.15, -0.1) is 0 Å². The number of benzene rings is 1. The molecule has 2 aliphatic rings. The number of alkyl halides is 3. The largest absolute Gasteiger partial charge is 0.417 e. The van der Waals surface area contributed by atoms with Crippen LogP contribution in [0.1, 0.15) is 28.8 Å². The summed E-state index contributed by atoms with van der Waals surface area (Å²) < 4.78 is 38.4. The van der Waals surface area contributed by atoms with Crippen molar-refractivity contribution >= 4 is 11.7 Å². The van der Waals surface area contributed by atoms with E-state index in [9.17, 15) is 18.0 Å². The summed E-state index contributed by atoms with van der Waals surface area (Å²) in [5, 5.41) is 3.25. The second-order valence-electron chi connectivity index (χ2n) is 8.33. The average molecular weight is 438 g/mol. The normalized spacial score (nSPS) is 22.2. The molecule has 1 saturated heterocycles. The van der Waals surface area contributed by atoms with Crippen LogP contribution >= 0.6 is 0 Å². The highest BCUT2D eigenvalue weighted by Gasteiger charge is 2.47. The van der Waals surface area contributed by atoms with Crippen molar-refractivity contribution in [1.29, 1.82) is 0 Å². The van der Waals surface area contributed by atoms with E-state index in [0.717, 1.165) is 36.2 Å². The van der Waals surface area contributed by atoms with Gasteiger partial charge in [-0.05, 0) is 48.6 Å². The van der Waals surface area contributed by atoms with E-state index in [-0.39, 0.29) is 18.0 Å². The summed E-state index contributed by atoms with van der Waals surface area (Å²) in [5.74, 6) is 0.712. The van der Waals surface area contributed by atoms with E-state index < -0.39 is 11.7 Å². The Labute approximate surface area is 183 Å². The number of anilines is 1. The predicted octanol–water partition coefficient (Wildman–Crippen LogP) is 4.88. The number of nitrogens with zero attached hydrogens (tertiary/aromatic N) is 3. The molecule has 5 nitrogen and oxygen atoms in total. The zero-order valence-electron chi connectivity index (χ0n) is 17.1. The van der Waals surface area contributed by atoms with E-state index in [0.29, 0.717) is 23.8 Å². The van der Waals surface area contributed by atoms with Crippen LogP contribution in [0, 0.1) is 5.92 Å². The molecule has 0 unspecified atom stereocenters. The minimum atomic E-state index is -4.41. The molecule has 2 bridgehead atoms. The predicted molar refractivity (Wildman–Crippen MR) is 114 cm³/mol. The molecule has 5 rings (SSSR count). The first-order valence-electron chi connectivity index (χ1n) is 10.5. The molecule has 1 saturated carbocycles. The SMILES string of the molecule is O=C(c1ccccc1-c1cccnc1)N1C[C@H]2C[C@@H](Nc3ccc(C(F)(F)F)cn3)[C@@H]1C2. The number of carbonyl (C=O) groups excluding carboxylic acids is 1. The monoisotopic (exact) mass is 438 g/mol. The zero-order valence-corrected chi connectivity index (χ0v) is 17.1. The standard InChI is InChI=1S/C24H21F3N4O/c25-24(26,27)17-7-8-22(29-13-17)30-20-10-15-11-21(20)31(14-15)23(32)19-6-2-1-5-18(19)16-4-3-9-28-12-16/h1-9,12-13,15,20-21H,10-11,14H2,(H,29,30)/t15-,20+,21-/m0/s1. The first-order valence-corrected chi connectivity index (χ1v) is 10.5. The lowest BCUT2D eigenvalue weighted by Gasteiger charge is -2.34. The molecule has 1 amide bonds. The van der Waals surface area contributed by atoms with Gasteiger partial charge in [-0.25, -0.2) is 4.98 Å². The molecule has 0 spiro atoms. The van der Waals surface area contributed by atoms with Crippen molar-refractivity contribution in [2.45, 2.75) is 31.1 Å². The summed E-state index contributed by atoms with van der Waals surface area (Å²) in [6.07, 6.45) is 1.59. The van der Waals surface area contributed by atoms with E-state index in [1.165, 1.54) is 6.07 Å². The van der Waals surface area contributed by atoms with E-state index in [4.69, 9.17) is 0 Å². The maximum Gasteiger partial charge on any atom is 0.417 e. The topological polar surface area (TPSA) is 58.1 Å². The molecule has 3 heterocycles. The quantitative estimate of drug-likeness (QED) is 0.631. The molecule has 1 N–H and O–H groups in total. The van der Waals surface area contributed by atoms with Crippen molar-refractivity contribution in [1.82, 2.24) is 14.9 Å². The maximum atomic E-state index is 13.5. The summed E-state index contributed by atoms with van der Waals surface area (Å²) in [6, 6.07) is 13.6. The minimum Gasteiger partial charge on any atom is -0.365 e. The summed E-state index contributed by atoms with van der Waals surface area (Å²) in [6.45, 7) is 0.684. The van der Waals surface area contributed by atoms with Crippen LogP contribution in [0.25, 0.3) is 11.1 Å². The number of fused-ring (bicyclic) bond motifs is 2. The lowest BCUT2D eigenvalue weighted by molar-refractivity contribution is -0.137.